The van der Waals surface area contributed by atoms with Crippen molar-refractivity contribution in [1.29, 1.82) is 0 Å². The molecule has 5 rings (SSSR count). The molecule has 1 aliphatic rings. The molecule has 0 unspecified atom stereocenters. The van der Waals surface area contributed by atoms with Crippen molar-refractivity contribution < 1.29 is 18.0 Å². The van der Waals surface area contributed by atoms with Gasteiger partial charge in [0.1, 0.15) is 0 Å². The van der Waals surface area contributed by atoms with Crippen molar-refractivity contribution in [3.63, 3.8) is 0 Å². The number of para-hydroxylation sites is 1. The average Bonchev–Trinajstić information content (AvgIpc) is 2.92. The van der Waals surface area contributed by atoms with Crippen LogP contribution in [0.3, 0.4) is 0 Å². The van der Waals surface area contributed by atoms with Gasteiger partial charge in [0.2, 0.25) is 0 Å². The molecule has 0 aliphatic carbocycles. The van der Waals surface area contributed by atoms with E-state index >= 15 is 0 Å². The number of rotatable bonds is 7. The summed E-state index contributed by atoms with van der Waals surface area (Å²) in [6.45, 7) is 3.62. The van der Waals surface area contributed by atoms with Crippen LogP contribution in [0.4, 0.5) is 13.2 Å². The molecule has 1 aliphatic heterocycles. The number of halogens is 3. The van der Waals surface area contributed by atoms with Crippen molar-refractivity contribution in [1.82, 2.24) is 15.6 Å². The Morgan fingerprint density at radius 1 is 0.973 bits per heavy atom. The fourth-order valence-corrected chi connectivity index (χ4v) is 5.02. The number of nitrogens with zero attached hydrogens (tertiary/aromatic N) is 1. The van der Waals surface area contributed by atoms with Crippen molar-refractivity contribution in [3.8, 4) is 11.1 Å². The summed E-state index contributed by atoms with van der Waals surface area (Å²) in [5.74, 6) is 0.348. The fraction of sp³-hybridized carbons (Fsp3) is 0.267. The molecule has 2 heterocycles. The van der Waals surface area contributed by atoms with Gasteiger partial charge in [-0.15, -0.1) is 0 Å². The lowest BCUT2D eigenvalue weighted by atomic mass is 9.90. The largest absolute Gasteiger partial charge is 0.418 e. The predicted molar refractivity (Wildman–Crippen MR) is 139 cm³/mol. The summed E-state index contributed by atoms with van der Waals surface area (Å²) in [4.78, 5) is 17.7. The molecule has 4 aromatic rings. The molecule has 0 spiro atoms. The monoisotopic (exact) mass is 503 g/mol. The van der Waals surface area contributed by atoms with Crippen LogP contribution >= 0.6 is 0 Å². The van der Waals surface area contributed by atoms with E-state index < -0.39 is 11.7 Å². The average molecular weight is 504 g/mol. The molecule has 1 saturated heterocycles. The molecule has 2 N–H and O–H groups in total. The summed E-state index contributed by atoms with van der Waals surface area (Å²) >= 11 is 0. The van der Waals surface area contributed by atoms with E-state index in [9.17, 15) is 18.0 Å². The summed E-state index contributed by atoms with van der Waals surface area (Å²) in [6.07, 6.45) is -0.996. The van der Waals surface area contributed by atoms with Gasteiger partial charge in [0.05, 0.1) is 11.1 Å². The number of ketones is 1. The second kappa shape index (κ2) is 10.8. The number of hydrogen-bond donors (Lipinski definition) is 2. The van der Waals surface area contributed by atoms with E-state index in [0.717, 1.165) is 44.1 Å². The van der Waals surface area contributed by atoms with E-state index in [1.807, 2.05) is 30.3 Å². The van der Waals surface area contributed by atoms with E-state index in [1.165, 1.54) is 12.3 Å². The maximum atomic E-state index is 13.8. The number of hydrogen-bond acceptors (Lipinski definition) is 4. The Morgan fingerprint density at radius 3 is 2.49 bits per heavy atom. The molecular formula is C30H28F3N3O. The first-order chi connectivity index (χ1) is 17.9. The molecule has 0 atom stereocenters. The second-order valence-electron chi connectivity index (χ2n) is 9.47. The van der Waals surface area contributed by atoms with Gasteiger partial charge in [-0.3, -0.25) is 9.78 Å². The topological polar surface area (TPSA) is 54.0 Å². The Morgan fingerprint density at radius 2 is 1.73 bits per heavy atom. The molecule has 0 radical (unpaired) electrons. The van der Waals surface area contributed by atoms with E-state index in [4.69, 9.17) is 0 Å². The van der Waals surface area contributed by atoms with Crippen LogP contribution in [0.2, 0.25) is 0 Å². The van der Waals surface area contributed by atoms with Gasteiger partial charge in [-0.2, -0.15) is 13.2 Å². The quantitative estimate of drug-likeness (QED) is 0.293. The van der Waals surface area contributed by atoms with Gasteiger partial charge in [0.25, 0.3) is 0 Å². The van der Waals surface area contributed by atoms with Gasteiger partial charge in [-0.1, -0.05) is 60.7 Å². The van der Waals surface area contributed by atoms with Gasteiger partial charge in [-0.05, 0) is 61.7 Å². The van der Waals surface area contributed by atoms with Crippen LogP contribution in [-0.2, 0) is 12.7 Å². The van der Waals surface area contributed by atoms with Crippen molar-refractivity contribution in [3.05, 3.63) is 101 Å². The normalized spacial score (nSPS) is 14.7. The first-order valence-corrected chi connectivity index (χ1v) is 12.5. The third-order valence-electron chi connectivity index (χ3n) is 6.92. The number of benzene rings is 3. The molecular weight excluding hydrogens is 475 g/mol. The molecule has 3 aromatic carbocycles. The van der Waals surface area contributed by atoms with Gasteiger partial charge in [-0.25, -0.2) is 0 Å². The first-order valence-electron chi connectivity index (χ1n) is 12.5. The van der Waals surface area contributed by atoms with Gasteiger partial charge < -0.3 is 10.6 Å². The van der Waals surface area contributed by atoms with Crippen LogP contribution in [0.1, 0.15) is 39.9 Å². The van der Waals surface area contributed by atoms with Crippen LogP contribution < -0.4 is 10.6 Å². The molecule has 37 heavy (non-hydrogen) atoms. The zero-order valence-corrected chi connectivity index (χ0v) is 20.3. The Hall–Kier alpha value is -3.55. The zero-order valence-electron chi connectivity index (χ0n) is 20.3. The highest BCUT2D eigenvalue weighted by atomic mass is 19.4. The van der Waals surface area contributed by atoms with Gasteiger partial charge >= 0.3 is 6.18 Å². The van der Waals surface area contributed by atoms with Crippen LogP contribution in [-0.4, -0.2) is 30.4 Å². The highest BCUT2D eigenvalue weighted by Crippen LogP contribution is 2.39. The molecule has 4 nitrogen and oxygen atoms in total. The lowest BCUT2D eigenvalue weighted by molar-refractivity contribution is -0.136. The summed E-state index contributed by atoms with van der Waals surface area (Å²) < 4.78 is 41.4. The number of alkyl halides is 3. The number of carbonyl (C=O) groups is 1. The van der Waals surface area contributed by atoms with E-state index in [2.05, 4.69) is 15.6 Å². The first kappa shape index (κ1) is 25.1. The van der Waals surface area contributed by atoms with E-state index in [0.29, 0.717) is 34.5 Å². The molecule has 1 fully saturated rings. The SMILES string of the molecule is O=C(c1ccccc1)c1cnc2c(C(F)(F)F)cccc2c1-c1cccc(CNCC2CCNCC2)c1. The highest BCUT2D eigenvalue weighted by molar-refractivity contribution is 6.16. The number of aromatic nitrogens is 1. The highest BCUT2D eigenvalue weighted by Gasteiger charge is 2.34. The molecule has 190 valence electrons. The van der Waals surface area contributed by atoms with Gasteiger partial charge in [0, 0.05) is 34.8 Å². The van der Waals surface area contributed by atoms with Crippen LogP contribution in [0.5, 0.6) is 0 Å². The van der Waals surface area contributed by atoms with Crippen molar-refractivity contribution >= 4 is 16.7 Å². The minimum atomic E-state index is -4.56. The summed E-state index contributed by atoms with van der Waals surface area (Å²) in [5.41, 5.74) is 1.90. The molecule has 0 saturated carbocycles. The third-order valence-corrected chi connectivity index (χ3v) is 6.92. The number of pyridine rings is 1. The Bertz CT molecular complexity index is 1400. The Balaban J connectivity index is 1.56. The minimum Gasteiger partial charge on any atom is -0.317 e. The number of piperidine rings is 1. The Kier molecular flexibility index (Phi) is 7.35. The van der Waals surface area contributed by atoms with Crippen molar-refractivity contribution in [2.24, 2.45) is 5.92 Å². The molecule has 0 bridgehead atoms. The second-order valence-corrected chi connectivity index (χ2v) is 9.47. The lowest BCUT2D eigenvalue weighted by Gasteiger charge is -2.23. The molecule has 7 heteroatoms. The van der Waals surface area contributed by atoms with Crippen molar-refractivity contribution in [2.75, 3.05) is 19.6 Å². The van der Waals surface area contributed by atoms with Crippen LogP contribution in [0, 0.1) is 5.92 Å². The maximum absolute atomic E-state index is 13.8. The number of fused-ring (bicyclic) bond motifs is 1. The minimum absolute atomic E-state index is 0.163. The van der Waals surface area contributed by atoms with E-state index in [1.54, 1.807) is 30.3 Å². The number of nitrogens with one attached hydrogen (secondary N) is 2. The van der Waals surface area contributed by atoms with Crippen LogP contribution in [0.15, 0.2) is 79.0 Å². The maximum Gasteiger partial charge on any atom is 0.418 e. The standard InChI is InChI=1S/C30H28F3N3O/c31-30(32,33)26-11-5-10-24-27(25(19-36-28(24)26)29(37)22-7-2-1-3-8-22)23-9-4-6-21(16-23)18-35-17-20-12-14-34-15-13-20/h1-11,16,19-20,34-35H,12-15,17-18H2. The Labute approximate surface area is 213 Å². The number of carbonyl (C=O) groups excluding carboxylic acids is 1. The lowest BCUT2D eigenvalue weighted by Crippen LogP contribution is -2.33. The molecule has 0 amide bonds. The summed E-state index contributed by atoms with van der Waals surface area (Å²) in [7, 11) is 0. The molecule has 1 aromatic heterocycles. The summed E-state index contributed by atoms with van der Waals surface area (Å²) in [6, 6.07) is 20.4. The smallest absolute Gasteiger partial charge is 0.317 e. The zero-order chi connectivity index (χ0) is 25.8. The van der Waals surface area contributed by atoms with Crippen LogP contribution in [0.25, 0.3) is 22.0 Å². The van der Waals surface area contributed by atoms with Crippen molar-refractivity contribution in [2.45, 2.75) is 25.6 Å². The summed E-state index contributed by atoms with van der Waals surface area (Å²) in [5, 5.41) is 7.20. The predicted octanol–water partition coefficient (Wildman–Crippen LogP) is 6.24. The van der Waals surface area contributed by atoms with Gasteiger partial charge in [0.15, 0.2) is 5.78 Å². The van der Waals surface area contributed by atoms with E-state index in [-0.39, 0.29) is 16.9 Å². The third kappa shape index (κ3) is 5.58. The fourth-order valence-electron chi connectivity index (χ4n) is 5.02.